The highest BCUT2D eigenvalue weighted by Gasteiger charge is 2.06. The van der Waals surface area contributed by atoms with Crippen molar-refractivity contribution in [3.05, 3.63) is 28.2 Å². The normalized spacial score (nSPS) is 12.0. The molecule has 106 valence electrons. The lowest BCUT2D eigenvalue weighted by atomic mass is 10.2. The Kier molecular flexibility index (Phi) is 7.31. The second kappa shape index (κ2) is 8.48. The fraction of sp³-hybridized carbons (Fsp3) is 0.500. The van der Waals surface area contributed by atoms with Gasteiger partial charge in [-0.05, 0) is 47.0 Å². The van der Waals surface area contributed by atoms with Crippen molar-refractivity contribution in [1.29, 1.82) is 0 Å². The van der Waals surface area contributed by atoms with E-state index in [2.05, 4.69) is 28.2 Å². The summed E-state index contributed by atoms with van der Waals surface area (Å²) in [5.41, 5.74) is 1.18. The number of halogens is 1. The lowest BCUT2D eigenvalue weighted by molar-refractivity contribution is -0.119. The first-order chi connectivity index (χ1) is 9.06. The van der Waals surface area contributed by atoms with E-state index in [1.807, 2.05) is 25.1 Å². The van der Waals surface area contributed by atoms with Crippen LogP contribution in [0.15, 0.2) is 22.7 Å². The molecule has 1 aromatic rings. The molecule has 0 aliphatic heterocycles. The zero-order valence-electron chi connectivity index (χ0n) is 11.5. The molecule has 1 N–H and O–H groups in total. The van der Waals surface area contributed by atoms with Gasteiger partial charge in [-0.1, -0.05) is 13.0 Å². The monoisotopic (exact) mass is 345 g/mol. The van der Waals surface area contributed by atoms with Crippen LogP contribution >= 0.6 is 27.7 Å². The van der Waals surface area contributed by atoms with Crippen LogP contribution in [0, 0.1) is 0 Å². The first-order valence-corrected chi connectivity index (χ1v) is 8.21. The third-order valence-corrected chi connectivity index (χ3v) is 4.36. The summed E-state index contributed by atoms with van der Waals surface area (Å²) in [7, 11) is 1.65. The maximum atomic E-state index is 11.6. The first kappa shape index (κ1) is 16.4. The van der Waals surface area contributed by atoms with Crippen molar-refractivity contribution in [2.75, 3.05) is 12.9 Å². The molecule has 1 amide bonds. The predicted molar refractivity (Wildman–Crippen MR) is 84.8 cm³/mol. The molecule has 0 aliphatic carbocycles. The van der Waals surface area contributed by atoms with E-state index in [0.717, 1.165) is 22.4 Å². The van der Waals surface area contributed by atoms with Crippen LogP contribution in [0.1, 0.15) is 25.8 Å². The smallest absolute Gasteiger partial charge is 0.230 e. The third-order valence-electron chi connectivity index (χ3n) is 2.74. The first-order valence-electron chi connectivity index (χ1n) is 6.26. The number of hydrogen-bond acceptors (Lipinski definition) is 3. The quantitative estimate of drug-likeness (QED) is 0.820. The summed E-state index contributed by atoms with van der Waals surface area (Å²) in [6.07, 6.45) is 0.960. The van der Waals surface area contributed by atoms with Crippen molar-refractivity contribution in [3.63, 3.8) is 0 Å². The van der Waals surface area contributed by atoms with Crippen LogP contribution in [0.3, 0.4) is 0 Å². The molecule has 0 aromatic heterocycles. The van der Waals surface area contributed by atoms with E-state index in [-0.39, 0.29) is 11.9 Å². The largest absolute Gasteiger partial charge is 0.496 e. The van der Waals surface area contributed by atoms with Crippen molar-refractivity contribution in [3.8, 4) is 5.75 Å². The van der Waals surface area contributed by atoms with E-state index in [1.54, 1.807) is 18.9 Å². The Morgan fingerprint density at radius 3 is 2.84 bits per heavy atom. The third kappa shape index (κ3) is 5.87. The van der Waals surface area contributed by atoms with Gasteiger partial charge in [-0.3, -0.25) is 4.79 Å². The van der Waals surface area contributed by atoms with Gasteiger partial charge in [0.1, 0.15) is 5.75 Å². The van der Waals surface area contributed by atoms with Gasteiger partial charge < -0.3 is 10.1 Å². The van der Waals surface area contributed by atoms with Gasteiger partial charge in [0.05, 0.1) is 17.3 Å². The topological polar surface area (TPSA) is 38.3 Å². The van der Waals surface area contributed by atoms with Gasteiger partial charge in [0, 0.05) is 11.8 Å². The summed E-state index contributed by atoms with van der Waals surface area (Å²) < 4.78 is 6.12. The Bertz CT molecular complexity index is 426. The number of rotatable bonds is 7. The maximum Gasteiger partial charge on any atom is 0.230 e. The molecule has 0 bridgehead atoms. The van der Waals surface area contributed by atoms with Gasteiger partial charge in [-0.25, -0.2) is 0 Å². The van der Waals surface area contributed by atoms with Gasteiger partial charge >= 0.3 is 0 Å². The van der Waals surface area contributed by atoms with E-state index in [0.29, 0.717) is 5.75 Å². The van der Waals surface area contributed by atoms with Crippen LogP contribution in [0.5, 0.6) is 5.75 Å². The van der Waals surface area contributed by atoms with Crippen molar-refractivity contribution >= 4 is 33.6 Å². The van der Waals surface area contributed by atoms with Crippen molar-refractivity contribution in [2.24, 2.45) is 0 Å². The Hall–Kier alpha value is -0.680. The molecule has 0 aliphatic rings. The van der Waals surface area contributed by atoms with Gasteiger partial charge in [0.25, 0.3) is 0 Å². The van der Waals surface area contributed by atoms with Crippen LogP contribution in [0.4, 0.5) is 0 Å². The van der Waals surface area contributed by atoms with E-state index in [9.17, 15) is 4.79 Å². The number of thioether (sulfide) groups is 1. The highest BCUT2D eigenvalue weighted by atomic mass is 79.9. The lowest BCUT2D eigenvalue weighted by Gasteiger charge is -2.11. The molecule has 0 unspecified atom stereocenters. The summed E-state index contributed by atoms with van der Waals surface area (Å²) >= 11 is 5.07. The molecule has 1 aromatic carbocycles. The Morgan fingerprint density at radius 2 is 2.26 bits per heavy atom. The van der Waals surface area contributed by atoms with Gasteiger partial charge in [0.2, 0.25) is 5.91 Å². The highest BCUT2D eigenvalue weighted by molar-refractivity contribution is 9.10. The molecule has 0 radical (unpaired) electrons. The number of ether oxygens (including phenoxy) is 1. The number of carbonyl (C=O) groups excluding carboxylic acids is 1. The van der Waals surface area contributed by atoms with E-state index < -0.39 is 0 Å². The SMILES string of the molecule is CC[C@@H](C)NC(=O)CSCc1ccc(OC)c(Br)c1. The van der Waals surface area contributed by atoms with Crippen LogP contribution < -0.4 is 10.1 Å². The van der Waals surface area contributed by atoms with Crippen LogP contribution in [0.2, 0.25) is 0 Å². The second-order valence-corrected chi connectivity index (χ2v) is 6.18. The summed E-state index contributed by atoms with van der Waals surface area (Å²) in [5, 5.41) is 2.96. The number of amides is 1. The molecule has 3 nitrogen and oxygen atoms in total. The molecular weight excluding hydrogens is 326 g/mol. The Balaban J connectivity index is 2.37. The number of benzene rings is 1. The minimum absolute atomic E-state index is 0.104. The number of methoxy groups -OCH3 is 1. The van der Waals surface area contributed by atoms with Crippen LogP contribution in [-0.2, 0) is 10.5 Å². The molecule has 5 heteroatoms. The summed E-state index contributed by atoms with van der Waals surface area (Å²) in [5.74, 6) is 2.24. The van der Waals surface area contributed by atoms with E-state index in [1.165, 1.54) is 5.56 Å². The fourth-order valence-electron chi connectivity index (χ4n) is 1.48. The van der Waals surface area contributed by atoms with Crippen LogP contribution in [-0.4, -0.2) is 24.8 Å². The number of nitrogens with one attached hydrogen (secondary N) is 1. The molecule has 0 saturated carbocycles. The van der Waals surface area contributed by atoms with Gasteiger partial charge in [-0.15, -0.1) is 11.8 Å². The Morgan fingerprint density at radius 1 is 1.53 bits per heavy atom. The summed E-state index contributed by atoms with van der Waals surface area (Å²) in [4.78, 5) is 11.6. The molecule has 0 saturated heterocycles. The zero-order chi connectivity index (χ0) is 14.3. The molecule has 0 spiro atoms. The van der Waals surface area contributed by atoms with E-state index in [4.69, 9.17) is 4.74 Å². The molecular formula is C14H20BrNO2S. The molecule has 0 fully saturated rings. The average molecular weight is 346 g/mol. The molecule has 1 rings (SSSR count). The molecule has 0 heterocycles. The molecule has 19 heavy (non-hydrogen) atoms. The number of carbonyl (C=O) groups is 1. The minimum Gasteiger partial charge on any atom is -0.496 e. The van der Waals surface area contributed by atoms with Crippen LogP contribution in [0.25, 0.3) is 0 Å². The highest BCUT2D eigenvalue weighted by Crippen LogP contribution is 2.27. The zero-order valence-corrected chi connectivity index (χ0v) is 13.9. The fourth-order valence-corrected chi connectivity index (χ4v) is 2.85. The second-order valence-electron chi connectivity index (χ2n) is 4.34. The maximum absolute atomic E-state index is 11.6. The van der Waals surface area contributed by atoms with E-state index >= 15 is 0 Å². The Labute approximate surface area is 127 Å². The summed E-state index contributed by atoms with van der Waals surface area (Å²) in [6, 6.07) is 6.23. The number of hydrogen-bond donors (Lipinski definition) is 1. The molecule has 1 atom stereocenters. The lowest BCUT2D eigenvalue weighted by Crippen LogP contribution is -2.33. The van der Waals surface area contributed by atoms with Gasteiger partial charge in [-0.2, -0.15) is 0 Å². The summed E-state index contributed by atoms with van der Waals surface area (Å²) in [6.45, 7) is 4.08. The van der Waals surface area contributed by atoms with Gasteiger partial charge in [0.15, 0.2) is 0 Å². The van der Waals surface area contributed by atoms with Crippen molar-refractivity contribution in [2.45, 2.75) is 32.1 Å². The minimum atomic E-state index is 0.104. The standard InChI is InChI=1S/C14H20BrNO2S/c1-4-10(2)16-14(17)9-19-8-11-5-6-13(18-3)12(15)7-11/h5-7,10H,4,8-9H2,1-3H3,(H,16,17)/t10-/m1/s1. The van der Waals surface area contributed by atoms with Crippen molar-refractivity contribution in [1.82, 2.24) is 5.32 Å². The van der Waals surface area contributed by atoms with Crippen molar-refractivity contribution < 1.29 is 9.53 Å². The predicted octanol–water partition coefficient (Wildman–Crippen LogP) is 3.61. The average Bonchev–Trinajstić information content (AvgIpc) is 2.38.